The van der Waals surface area contributed by atoms with Crippen molar-refractivity contribution in [1.82, 2.24) is 4.98 Å². The Kier molecular flexibility index (Phi) is 3.94. The summed E-state index contributed by atoms with van der Waals surface area (Å²) in [6.07, 6.45) is 5.96. The van der Waals surface area contributed by atoms with Crippen LogP contribution in [0, 0.1) is 0 Å². The SMILES string of the molecule is c1cnc2c(OCC[NH+]3CCCCC3)cccc2c1. The van der Waals surface area contributed by atoms with Crippen molar-refractivity contribution in [2.24, 2.45) is 0 Å². The van der Waals surface area contributed by atoms with E-state index in [1.54, 1.807) is 4.90 Å². The summed E-state index contributed by atoms with van der Waals surface area (Å²) < 4.78 is 5.94. The fraction of sp³-hybridized carbons (Fsp3) is 0.438. The number of likely N-dealkylation sites (tertiary alicyclic amines) is 1. The van der Waals surface area contributed by atoms with E-state index in [0.29, 0.717) is 0 Å². The van der Waals surface area contributed by atoms with Gasteiger partial charge in [0.05, 0.1) is 13.1 Å². The number of aromatic nitrogens is 1. The van der Waals surface area contributed by atoms with Crippen molar-refractivity contribution in [3.05, 3.63) is 36.5 Å². The first kappa shape index (κ1) is 12.4. The van der Waals surface area contributed by atoms with Gasteiger partial charge in [0.1, 0.15) is 24.4 Å². The van der Waals surface area contributed by atoms with Crippen LogP contribution in [0.3, 0.4) is 0 Å². The number of para-hydroxylation sites is 1. The summed E-state index contributed by atoms with van der Waals surface area (Å²) in [5, 5.41) is 1.14. The van der Waals surface area contributed by atoms with Crippen LogP contribution in [-0.2, 0) is 0 Å². The summed E-state index contributed by atoms with van der Waals surface area (Å²) in [5.74, 6) is 0.912. The second kappa shape index (κ2) is 6.02. The van der Waals surface area contributed by atoms with Crippen molar-refractivity contribution in [3.63, 3.8) is 0 Å². The van der Waals surface area contributed by atoms with Gasteiger partial charge in [0.15, 0.2) is 0 Å². The van der Waals surface area contributed by atoms with Crippen LogP contribution in [0.5, 0.6) is 5.75 Å². The number of benzene rings is 1. The summed E-state index contributed by atoms with van der Waals surface area (Å²) in [5.41, 5.74) is 0.971. The van der Waals surface area contributed by atoms with Crippen LogP contribution >= 0.6 is 0 Å². The Labute approximate surface area is 114 Å². The highest BCUT2D eigenvalue weighted by Crippen LogP contribution is 2.22. The van der Waals surface area contributed by atoms with Crippen LogP contribution in [0.25, 0.3) is 10.9 Å². The van der Waals surface area contributed by atoms with Gasteiger partial charge in [-0.3, -0.25) is 4.98 Å². The molecule has 1 aromatic carbocycles. The number of hydrogen-bond donors (Lipinski definition) is 1. The van der Waals surface area contributed by atoms with Gasteiger partial charge in [0.2, 0.25) is 0 Å². The molecule has 19 heavy (non-hydrogen) atoms. The van der Waals surface area contributed by atoms with Gasteiger partial charge in [-0.2, -0.15) is 0 Å². The minimum Gasteiger partial charge on any atom is -0.485 e. The van der Waals surface area contributed by atoms with Crippen LogP contribution in [0.1, 0.15) is 19.3 Å². The molecule has 2 aromatic rings. The van der Waals surface area contributed by atoms with Gasteiger partial charge < -0.3 is 9.64 Å². The van der Waals surface area contributed by atoms with E-state index in [0.717, 1.165) is 29.8 Å². The molecule has 100 valence electrons. The lowest BCUT2D eigenvalue weighted by atomic mass is 10.1. The first-order chi connectivity index (χ1) is 9.43. The molecule has 1 aliphatic rings. The number of nitrogens with zero attached hydrogens (tertiary/aromatic N) is 1. The van der Waals surface area contributed by atoms with Gasteiger partial charge >= 0.3 is 0 Å². The van der Waals surface area contributed by atoms with Crippen LogP contribution in [0.4, 0.5) is 0 Å². The van der Waals surface area contributed by atoms with Gasteiger partial charge in [-0.1, -0.05) is 18.2 Å². The Hall–Kier alpha value is -1.61. The minimum absolute atomic E-state index is 0.783. The molecule has 1 N–H and O–H groups in total. The monoisotopic (exact) mass is 257 g/mol. The zero-order valence-electron chi connectivity index (χ0n) is 11.3. The maximum Gasteiger partial charge on any atom is 0.145 e. The number of nitrogens with one attached hydrogen (secondary N) is 1. The number of ether oxygens (including phenoxy) is 1. The number of piperidine rings is 1. The molecule has 0 unspecified atom stereocenters. The largest absolute Gasteiger partial charge is 0.485 e. The highest BCUT2D eigenvalue weighted by Gasteiger charge is 2.13. The first-order valence-corrected chi connectivity index (χ1v) is 7.23. The number of fused-ring (bicyclic) bond motifs is 1. The molecule has 0 aliphatic carbocycles. The van der Waals surface area contributed by atoms with Crippen LogP contribution in [0.2, 0.25) is 0 Å². The molecule has 2 heterocycles. The van der Waals surface area contributed by atoms with Crippen molar-refractivity contribution in [3.8, 4) is 5.75 Å². The Bertz CT molecular complexity index is 530. The van der Waals surface area contributed by atoms with E-state index in [4.69, 9.17) is 4.74 Å². The minimum atomic E-state index is 0.783. The highest BCUT2D eigenvalue weighted by molar-refractivity contribution is 5.84. The summed E-state index contributed by atoms with van der Waals surface area (Å²) in [6, 6.07) is 10.2. The third-order valence-corrected chi connectivity index (χ3v) is 3.87. The lowest BCUT2D eigenvalue weighted by Gasteiger charge is -2.23. The van der Waals surface area contributed by atoms with Gasteiger partial charge in [-0.15, -0.1) is 0 Å². The second-order valence-electron chi connectivity index (χ2n) is 5.24. The highest BCUT2D eigenvalue weighted by atomic mass is 16.5. The zero-order chi connectivity index (χ0) is 12.9. The first-order valence-electron chi connectivity index (χ1n) is 7.23. The standard InChI is InChI=1S/C16H20N2O/c1-2-10-18(11-3-1)12-13-19-15-8-4-6-14-7-5-9-17-16(14)15/h4-9H,1-3,10-13H2/p+1. The van der Waals surface area contributed by atoms with E-state index in [1.807, 2.05) is 24.4 Å². The molecule has 1 aromatic heterocycles. The van der Waals surface area contributed by atoms with Crippen LogP contribution < -0.4 is 9.64 Å². The normalized spacial score (nSPS) is 16.6. The topological polar surface area (TPSA) is 26.6 Å². The summed E-state index contributed by atoms with van der Waals surface area (Å²) in [7, 11) is 0. The van der Waals surface area contributed by atoms with Crippen molar-refractivity contribution >= 4 is 10.9 Å². The Morgan fingerprint density at radius 2 is 1.89 bits per heavy atom. The van der Waals surface area contributed by atoms with Crippen molar-refractivity contribution in [2.45, 2.75) is 19.3 Å². The average molecular weight is 257 g/mol. The Balaban J connectivity index is 1.62. The Morgan fingerprint density at radius 3 is 2.79 bits per heavy atom. The molecular weight excluding hydrogens is 236 g/mol. The fourth-order valence-corrected chi connectivity index (χ4v) is 2.80. The predicted molar refractivity (Wildman–Crippen MR) is 76.7 cm³/mol. The summed E-state index contributed by atoms with van der Waals surface area (Å²) in [6.45, 7) is 4.49. The molecular formula is C16H21N2O+. The summed E-state index contributed by atoms with van der Waals surface area (Å²) >= 11 is 0. The third kappa shape index (κ3) is 3.04. The van der Waals surface area contributed by atoms with Crippen molar-refractivity contribution < 1.29 is 9.64 Å². The molecule has 3 nitrogen and oxygen atoms in total. The van der Waals surface area contributed by atoms with Gasteiger partial charge in [0, 0.05) is 11.6 Å². The van der Waals surface area contributed by atoms with Gasteiger partial charge in [-0.05, 0) is 31.4 Å². The molecule has 3 rings (SSSR count). The average Bonchev–Trinajstić information content (AvgIpc) is 2.49. The van der Waals surface area contributed by atoms with E-state index in [-0.39, 0.29) is 0 Å². The third-order valence-electron chi connectivity index (χ3n) is 3.87. The van der Waals surface area contributed by atoms with E-state index in [2.05, 4.69) is 17.1 Å². The van der Waals surface area contributed by atoms with E-state index >= 15 is 0 Å². The van der Waals surface area contributed by atoms with Gasteiger partial charge in [-0.25, -0.2) is 0 Å². The quantitative estimate of drug-likeness (QED) is 0.902. The molecule has 0 spiro atoms. The molecule has 0 saturated carbocycles. The Morgan fingerprint density at radius 1 is 1.05 bits per heavy atom. The van der Waals surface area contributed by atoms with Crippen molar-refractivity contribution in [1.29, 1.82) is 0 Å². The number of hydrogen-bond acceptors (Lipinski definition) is 2. The molecule has 1 aliphatic heterocycles. The lowest BCUT2D eigenvalue weighted by molar-refractivity contribution is -0.904. The van der Waals surface area contributed by atoms with Crippen molar-refractivity contribution in [2.75, 3.05) is 26.2 Å². The van der Waals surface area contributed by atoms with E-state index in [1.165, 1.54) is 32.4 Å². The maximum atomic E-state index is 5.94. The molecule has 1 saturated heterocycles. The van der Waals surface area contributed by atoms with Crippen LogP contribution in [-0.4, -0.2) is 31.2 Å². The number of pyridine rings is 1. The van der Waals surface area contributed by atoms with Crippen LogP contribution in [0.15, 0.2) is 36.5 Å². The molecule has 0 amide bonds. The summed E-state index contributed by atoms with van der Waals surface area (Å²) in [4.78, 5) is 6.09. The van der Waals surface area contributed by atoms with E-state index < -0.39 is 0 Å². The number of quaternary nitrogens is 1. The molecule has 0 bridgehead atoms. The maximum absolute atomic E-state index is 5.94. The smallest absolute Gasteiger partial charge is 0.145 e. The molecule has 3 heteroatoms. The predicted octanol–water partition coefficient (Wildman–Crippen LogP) is 1.68. The molecule has 0 atom stereocenters. The lowest BCUT2D eigenvalue weighted by Crippen LogP contribution is -3.13. The van der Waals surface area contributed by atoms with E-state index in [9.17, 15) is 0 Å². The zero-order valence-corrected chi connectivity index (χ0v) is 11.3. The molecule has 0 radical (unpaired) electrons. The fourth-order valence-electron chi connectivity index (χ4n) is 2.80. The second-order valence-corrected chi connectivity index (χ2v) is 5.24. The van der Waals surface area contributed by atoms with Gasteiger partial charge in [0.25, 0.3) is 0 Å². The molecule has 1 fully saturated rings. The number of rotatable bonds is 4.